The van der Waals surface area contributed by atoms with Gasteiger partial charge in [0.1, 0.15) is 5.92 Å². The number of ketones is 1. The van der Waals surface area contributed by atoms with E-state index in [1.165, 1.54) is 84.2 Å². The Morgan fingerprint density at radius 2 is 1.17 bits per heavy atom. The molecule has 0 spiro atoms. The lowest BCUT2D eigenvalue weighted by Gasteiger charge is -2.13. The number of Topliss-reactive ketones (excluding diaryl/α,β-unsaturated/α-hetero) is 1. The topological polar surface area (TPSA) is 43.4 Å². The molecule has 0 aliphatic carbocycles. The van der Waals surface area contributed by atoms with Gasteiger partial charge < -0.3 is 4.74 Å². The van der Waals surface area contributed by atoms with Crippen molar-refractivity contribution >= 4 is 11.8 Å². The van der Waals surface area contributed by atoms with Gasteiger partial charge in [0.25, 0.3) is 0 Å². The Hall–Kier alpha value is -1.64. The lowest BCUT2D eigenvalue weighted by Crippen LogP contribution is -2.25. The molecule has 0 radical (unpaired) electrons. The minimum absolute atomic E-state index is 0.118. The van der Waals surface area contributed by atoms with E-state index in [0.717, 1.165) is 12.8 Å². The molecule has 0 amide bonds. The Labute approximate surface area is 178 Å². The van der Waals surface area contributed by atoms with Crippen LogP contribution in [0.4, 0.5) is 0 Å². The van der Waals surface area contributed by atoms with Crippen molar-refractivity contribution in [1.82, 2.24) is 0 Å². The third-order valence-electron chi connectivity index (χ3n) is 5.71. The molecule has 0 aliphatic heterocycles. The fourth-order valence-electron chi connectivity index (χ4n) is 3.84. The van der Waals surface area contributed by atoms with Crippen LogP contribution in [0.5, 0.6) is 0 Å². The molecule has 1 aromatic carbocycles. The summed E-state index contributed by atoms with van der Waals surface area (Å²) >= 11 is 0. The average Bonchev–Trinajstić information content (AvgIpc) is 2.76. The Bertz CT molecular complexity index is 538. The summed E-state index contributed by atoms with van der Waals surface area (Å²) in [5.41, 5.74) is 0.591. The number of carbonyl (C=O) groups is 2. The Morgan fingerprint density at radius 3 is 1.62 bits per heavy atom. The smallest absolute Gasteiger partial charge is 0.316 e. The number of benzene rings is 1. The van der Waals surface area contributed by atoms with Gasteiger partial charge in [-0.05, 0) is 6.42 Å². The molecule has 0 heterocycles. The van der Waals surface area contributed by atoms with Gasteiger partial charge in [0.15, 0.2) is 5.78 Å². The van der Waals surface area contributed by atoms with Gasteiger partial charge in [-0.1, -0.05) is 127 Å². The molecule has 0 bridgehead atoms. The molecule has 0 saturated heterocycles. The first-order valence-corrected chi connectivity index (χ1v) is 11.9. The SMILES string of the molecule is CCCCCCCCCCCCCCCCC(C(=O)OC)C(=O)c1ccccc1. The summed E-state index contributed by atoms with van der Waals surface area (Å²) in [6.07, 6.45) is 18.7. The lowest BCUT2D eigenvalue weighted by atomic mass is 9.92. The molecular weight excluding hydrogens is 360 g/mol. The highest BCUT2D eigenvalue weighted by molar-refractivity contribution is 6.08. The van der Waals surface area contributed by atoms with Crippen LogP contribution >= 0.6 is 0 Å². The van der Waals surface area contributed by atoms with E-state index < -0.39 is 11.9 Å². The molecular formula is C26H42O3. The largest absolute Gasteiger partial charge is 0.468 e. The van der Waals surface area contributed by atoms with Gasteiger partial charge in [0, 0.05) is 5.56 Å². The number of unbranched alkanes of at least 4 members (excludes halogenated alkanes) is 13. The number of methoxy groups -OCH3 is 1. The first-order valence-electron chi connectivity index (χ1n) is 11.9. The molecule has 164 valence electrons. The molecule has 1 unspecified atom stereocenters. The lowest BCUT2D eigenvalue weighted by molar-refractivity contribution is -0.143. The van der Waals surface area contributed by atoms with Gasteiger partial charge in [-0.25, -0.2) is 0 Å². The van der Waals surface area contributed by atoms with Gasteiger partial charge in [-0.2, -0.15) is 0 Å². The molecule has 1 atom stereocenters. The zero-order valence-corrected chi connectivity index (χ0v) is 18.8. The van der Waals surface area contributed by atoms with Crippen LogP contribution in [0.1, 0.15) is 114 Å². The van der Waals surface area contributed by atoms with Crippen LogP contribution in [-0.2, 0) is 9.53 Å². The van der Waals surface area contributed by atoms with Crippen LogP contribution in [0.3, 0.4) is 0 Å². The number of hydrogen-bond acceptors (Lipinski definition) is 3. The van der Waals surface area contributed by atoms with Crippen LogP contribution in [0.25, 0.3) is 0 Å². The van der Waals surface area contributed by atoms with Crippen molar-refractivity contribution in [2.24, 2.45) is 5.92 Å². The third kappa shape index (κ3) is 11.8. The van der Waals surface area contributed by atoms with Crippen LogP contribution in [0.2, 0.25) is 0 Å². The monoisotopic (exact) mass is 402 g/mol. The predicted octanol–water partition coefficient (Wildman–Crippen LogP) is 7.53. The quantitative estimate of drug-likeness (QED) is 0.110. The first-order chi connectivity index (χ1) is 14.2. The summed E-state index contributed by atoms with van der Waals surface area (Å²) in [7, 11) is 1.36. The molecule has 1 aromatic rings. The van der Waals surface area contributed by atoms with Crippen LogP contribution in [0.15, 0.2) is 30.3 Å². The standard InChI is InChI=1S/C26H42O3/c1-3-4-5-6-7-8-9-10-11-12-13-14-15-19-22-24(26(28)29-2)25(27)23-20-17-16-18-21-23/h16-18,20-21,24H,3-15,19,22H2,1-2H3. The van der Waals surface area contributed by atoms with E-state index in [4.69, 9.17) is 4.74 Å². The van der Waals surface area contributed by atoms with Gasteiger partial charge in [0.05, 0.1) is 7.11 Å². The number of rotatable bonds is 18. The molecule has 0 fully saturated rings. The van der Waals surface area contributed by atoms with Crippen molar-refractivity contribution in [3.63, 3.8) is 0 Å². The second kappa shape index (κ2) is 17.2. The van der Waals surface area contributed by atoms with E-state index in [0.29, 0.717) is 12.0 Å². The summed E-state index contributed by atoms with van der Waals surface area (Å²) in [5.74, 6) is -1.19. The van der Waals surface area contributed by atoms with Crippen molar-refractivity contribution in [2.75, 3.05) is 7.11 Å². The molecule has 0 N–H and O–H groups in total. The Kier molecular flexibility index (Phi) is 15.1. The van der Waals surface area contributed by atoms with E-state index >= 15 is 0 Å². The molecule has 29 heavy (non-hydrogen) atoms. The van der Waals surface area contributed by atoms with Gasteiger partial charge in [-0.3, -0.25) is 9.59 Å². The van der Waals surface area contributed by atoms with Crippen molar-refractivity contribution < 1.29 is 14.3 Å². The molecule has 0 saturated carbocycles. The zero-order valence-electron chi connectivity index (χ0n) is 18.8. The summed E-state index contributed by atoms with van der Waals surface area (Å²) in [4.78, 5) is 24.7. The molecule has 1 rings (SSSR count). The van der Waals surface area contributed by atoms with E-state index in [9.17, 15) is 9.59 Å². The summed E-state index contributed by atoms with van der Waals surface area (Å²) in [5, 5.41) is 0. The number of ether oxygens (including phenoxy) is 1. The maximum atomic E-state index is 12.6. The summed E-state index contributed by atoms with van der Waals surface area (Å²) in [6.45, 7) is 2.27. The van der Waals surface area contributed by atoms with Crippen LogP contribution < -0.4 is 0 Å². The summed E-state index contributed by atoms with van der Waals surface area (Å²) in [6, 6.07) is 9.06. The maximum absolute atomic E-state index is 12.6. The van der Waals surface area contributed by atoms with E-state index in [-0.39, 0.29) is 5.78 Å². The second-order valence-corrected chi connectivity index (χ2v) is 8.19. The molecule has 3 nitrogen and oxygen atoms in total. The summed E-state index contributed by atoms with van der Waals surface area (Å²) < 4.78 is 4.86. The Morgan fingerprint density at radius 1 is 0.724 bits per heavy atom. The van der Waals surface area contributed by atoms with Crippen molar-refractivity contribution in [2.45, 2.75) is 103 Å². The van der Waals surface area contributed by atoms with Gasteiger partial charge in [-0.15, -0.1) is 0 Å². The number of carbonyl (C=O) groups excluding carboxylic acids is 2. The van der Waals surface area contributed by atoms with Crippen molar-refractivity contribution in [3.8, 4) is 0 Å². The highest BCUT2D eigenvalue weighted by Gasteiger charge is 2.27. The highest BCUT2D eigenvalue weighted by atomic mass is 16.5. The molecule has 0 aromatic heterocycles. The highest BCUT2D eigenvalue weighted by Crippen LogP contribution is 2.19. The van der Waals surface area contributed by atoms with Crippen molar-refractivity contribution in [1.29, 1.82) is 0 Å². The fourth-order valence-corrected chi connectivity index (χ4v) is 3.84. The first kappa shape index (κ1) is 25.4. The normalized spacial score (nSPS) is 11.9. The number of esters is 1. The van der Waals surface area contributed by atoms with E-state index in [1.807, 2.05) is 18.2 Å². The van der Waals surface area contributed by atoms with Gasteiger partial charge in [0.2, 0.25) is 0 Å². The number of hydrogen-bond donors (Lipinski definition) is 0. The molecule has 3 heteroatoms. The van der Waals surface area contributed by atoms with Crippen LogP contribution in [-0.4, -0.2) is 18.9 Å². The third-order valence-corrected chi connectivity index (χ3v) is 5.71. The fraction of sp³-hybridized carbons (Fsp3) is 0.692. The van der Waals surface area contributed by atoms with Crippen LogP contribution in [0, 0.1) is 5.92 Å². The minimum Gasteiger partial charge on any atom is -0.468 e. The molecule has 0 aliphatic rings. The van der Waals surface area contributed by atoms with Crippen molar-refractivity contribution in [3.05, 3.63) is 35.9 Å². The van der Waals surface area contributed by atoms with Gasteiger partial charge >= 0.3 is 5.97 Å². The predicted molar refractivity (Wildman–Crippen MR) is 121 cm³/mol. The van der Waals surface area contributed by atoms with E-state index in [1.54, 1.807) is 12.1 Å². The average molecular weight is 403 g/mol. The van der Waals surface area contributed by atoms with E-state index in [2.05, 4.69) is 6.92 Å². The minimum atomic E-state index is -0.667. The maximum Gasteiger partial charge on any atom is 0.316 e. The zero-order chi connectivity index (χ0) is 21.2. The Balaban J connectivity index is 2.08. The second-order valence-electron chi connectivity index (χ2n) is 8.19.